The van der Waals surface area contributed by atoms with Crippen molar-refractivity contribution >= 4 is 32.0 Å². The third kappa shape index (κ3) is 8.69. The smallest absolute Gasteiger partial charge is 0.308 e. The molecule has 0 spiro atoms. The van der Waals surface area contributed by atoms with Gasteiger partial charge in [-0.2, -0.15) is 0 Å². The second-order valence-corrected chi connectivity index (χ2v) is 20.3. The number of aryl methyl sites for hydroxylation is 2. The average Bonchev–Trinajstić information content (AvgIpc) is 3.03. The van der Waals surface area contributed by atoms with E-state index < -0.39 is 27.8 Å². The van der Waals surface area contributed by atoms with Crippen molar-refractivity contribution < 1.29 is 23.0 Å². The van der Waals surface area contributed by atoms with Crippen molar-refractivity contribution in [3.05, 3.63) is 95.1 Å². The molecule has 4 rings (SSSR count). The van der Waals surface area contributed by atoms with Crippen LogP contribution in [0.4, 0.5) is 0 Å². The van der Waals surface area contributed by atoms with E-state index in [1.54, 1.807) is 0 Å². The monoisotopic (exact) mass is 658 g/mol. The highest BCUT2D eigenvalue weighted by molar-refractivity contribution is 7.64. The van der Waals surface area contributed by atoms with Crippen molar-refractivity contribution in [2.24, 2.45) is 5.92 Å². The van der Waals surface area contributed by atoms with E-state index in [1.807, 2.05) is 36.4 Å². The Morgan fingerprint density at radius 3 is 2.04 bits per heavy atom. The lowest BCUT2D eigenvalue weighted by Gasteiger charge is -2.45. The summed E-state index contributed by atoms with van der Waals surface area (Å²) in [5.74, 6) is 3.54. The molecule has 1 fully saturated rings. The van der Waals surface area contributed by atoms with E-state index in [0.29, 0.717) is 5.92 Å². The molecule has 0 aromatic heterocycles. The first-order valence-electron chi connectivity index (χ1n) is 16.5. The van der Waals surface area contributed by atoms with E-state index in [1.165, 1.54) is 57.5 Å². The van der Waals surface area contributed by atoms with Crippen LogP contribution in [0, 0.1) is 31.3 Å². The lowest BCUT2D eigenvalue weighted by Crippen LogP contribution is -2.68. The maximum absolute atomic E-state index is 14.5. The van der Waals surface area contributed by atoms with Crippen molar-refractivity contribution in [1.29, 1.82) is 0 Å². The third-order valence-corrected chi connectivity index (χ3v) is 16.3. The Hall–Kier alpha value is -2.94. The van der Waals surface area contributed by atoms with Gasteiger partial charge < -0.3 is 13.7 Å². The Morgan fingerprint density at radius 2 is 1.52 bits per heavy atom. The van der Waals surface area contributed by atoms with Crippen LogP contribution < -0.4 is 10.4 Å². The summed E-state index contributed by atoms with van der Waals surface area (Å²) < 4.78 is 32.6. The van der Waals surface area contributed by atoms with Crippen LogP contribution >= 0.6 is 7.37 Å². The van der Waals surface area contributed by atoms with Gasteiger partial charge >= 0.3 is 5.97 Å². The summed E-state index contributed by atoms with van der Waals surface area (Å²) in [5, 5.41) is 1.81. The maximum atomic E-state index is 14.5. The molecule has 0 saturated heterocycles. The fraction of sp³-hybridized carbons (Fsp3) is 0.462. The van der Waals surface area contributed by atoms with Gasteiger partial charge in [0, 0.05) is 12.7 Å². The quantitative estimate of drug-likeness (QED) is 0.0901. The van der Waals surface area contributed by atoms with Gasteiger partial charge in [0.2, 0.25) is 0 Å². The Bertz CT molecular complexity index is 1520. The van der Waals surface area contributed by atoms with Crippen LogP contribution in [-0.2, 0) is 29.5 Å². The van der Waals surface area contributed by atoms with E-state index in [4.69, 9.17) is 13.7 Å². The molecule has 1 unspecified atom stereocenters. The molecule has 0 radical (unpaired) electrons. The lowest BCUT2D eigenvalue weighted by molar-refractivity contribution is -0.142. The molecule has 0 bridgehead atoms. The highest BCUT2D eigenvalue weighted by Gasteiger charge is 2.52. The van der Waals surface area contributed by atoms with Crippen LogP contribution in [-0.4, -0.2) is 40.8 Å². The van der Waals surface area contributed by atoms with Gasteiger partial charge in [0.1, 0.15) is 0 Å². The summed E-state index contributed by atoms with van der Waals surface area (Å²) in [6.45, 7) is 10.7. The standard InChI is InChI=1S/C39H51O5PSi/c1-30-25-31(2)37(33(26-30)27-32-17-11-8-12-18-32)23-24-45(41,43-7)29-34(28-38(40)42-6)44-46(39(3,4)5,35-19-13-9-14-20-35)36-21-15-10-16-22-36/h9-10,13-16,19-22,25-26,32,34H,8,11-12,17-18,27-29H2,1-7H3/t34-,45?/m0/s1. The van der Waals surface area contributed by atoms with Crippen LogP contribution in [0.1, 0.15) is 81.5 Å². The van der Waals surface area contributed by atoms with Gasteiger partial charge in [-0.25, -0.2) is 0 Å². The largest absolute Gasteiger partial charge is 0.469 e. The van der Waals surface area contributed by atoms with Crippen molar-refractivity contribution in [2.75, 3.05) is 20.4 Å². The van der Waals surface area contributed by atoms with Gasteiger partial charge in [-0.15, -0.1) is 0 Å². The minimum Gasteiger partial charge on any atom is -0.469 e. The van der Waals surface area contributed by atoms with E-state index in [2.05, 4.69) is 82.6 Å². The van der Waals surface area contributed by atoms with Gasteiger partial charge in [-0.3, -0.25) is 9.36 Å². The molecule has 1 saturated carbocycles. The summed E-state index contributed by atoms with van der Waals surface area (Å²) in [6, 6.07) is 24.8. The van der Waals surface area contributed by atoms with Crippen LogP contribution in [0.3, 0.4) is 0 Å². The van der Waals surface area contributed by atoms with E-state index in [9.17, 15) is 9.36 Å². The molecular weight excluding hydrogens is 607 g/mol. The van der Waals surface area contributed by atoms with Crippen molar-refractivity contribution in [2.45, 2.75) is 90.7 Å². The van der Waals surface area contributed by atoms with Crippen LogP contribution in [0.25, 0.3) is 0 Å². The highest BCUT2D eigenvalue weighted by atomic mass is 31.2. The van der Waals surface area contributed by atoms with E-state index in [-0.39, 0.29) is 17.6 Å². The Morgan fingerprint density at radius 1 is 0.935 bits per heavy atom. The molecule has 2 atom stereocenters. The van der Waals surface area contributed by atoms with E-state index in [0.717, 1.165) is 27.9 Å². The third-order valence-electron chi connectivity index (χ3n) is 9.27. The Kier molecular flexibility index (Phi) is 12.3. The van der Waals surface area contributed by atoms with Gasteiger partial charge in [0.25, 0.3) is 15.7 Å². The number of carbonyl (C=O) groups is 1. The molecule has 46 heavy (non-hydrogen) atoms. The molecular formula is C39H51O5PSi. The fourth-order valence-electron chi connectivity index (χ4n) is 7.03. The molecule has 3 aromatic carbocycles. The maximum Gasteiger partial charge on any atom is 0.308 e. The predicted molar refractivity (Wildman–Crippen MR) is 192 cm³/mol. The molecule has 0 aliphatic heterocycles. The number of carbonyl (C=O) groups excluding carboxylic acids is 1. The minimum atomic E-state index is -3.58. The number of hydrogen-bond donors (Lipinski definition) is 0. The summed E-state index contributed by atoms with van der Waals surface area (Å²) >= 11 is 0. The van der Waals surface area contributed by atoms with Crippen molar-refractivity contribution in [1.82, 2.24) is 0 Å². The molecule has 0 amide bonds. The van der Waals surface area contributed by atoms with Crippen molar-refractivity contribution in [3.8, 4) is 11.6 Å². The summed E-state index contributed by atoms with van der Waals surface area (Å²) in [6.07, 6.45) is 6.49. The van der Waals surface area contributed by atoms with Crippen molar-refractivity contribution in [3.63, 3.8) is 0 Å². The average molecular weight is 659 g/mol. The molecule has 0 N–H and O–H groups in total. The number of rotatable bonds is 11. The summed E-state index contributed by atoms with van der Waals surface area (Å²) in [4.78, 5) is 12.8. The molecule has 0 heterocycles. The molecule has 7 heteroatoms. The SMILES string of the molecule is COC(=O)C[C@@H](CP(=O)(C#Cc1c(C)cc(C)cc1CC1CCCCC1)OC)O[Si](c1ccccc1)(c1ccccc1)C(C)(C)C. The zero-order valence-electron chi connectivity index (χ0n) is 28.7. The molecule has 1 aliphatic rings. The number of benzene rings is 3. The first kappa shape index (κ1) is 35.9. The molecule has 1 aliphatic carbocycles. The zero-order valence-corrected chi connectivity index (χ0v) is 30.6. The predicted octanol–water partition coefficient (Wildman–Crippen LogP) is 8.17. The van der Waals surface area contributed by atoms with Crippen LogP contribution in [0.15, 0.2) is 72.8 Å². The lowest BCUT2D eigenvalue weighted by atomic mass is 9.83. The Balaban J connectivity index is 1.77. The van der Waals surface area contributed by atoms with Gasteiger partial charge in [0.15, 0.2) is 0 Å². The van der Waals surface area contributed by atoms with E-state index >= 15 is 0 Å². The number of hydrogen-bond acceptors (Lipinski definition) is 5. The highest BCUT2D eigenvalue weighted by Crippen LogP contribution is 2.48. The van der Waals surface area contributed by atoms with Gasteiger partial charge in [-0.05, 0) is 58.4 Å². The fourth-order valence-corrected chi connectivity index (χ4v) is 13.2. The zero-order chi connectivity index (χ0) is 33.4. The number of methoxy groups -OCH3 is 1. The van der Waals surface area contributed by atoms with Crippen LogP contribution in [0.2, 0.25) is 5.04 Å². The normalized spacial score (nSPS) is 16.2. The first-order chi connectivity index (χ1) is 21.9. The van der Waals surface area contributed by atoms with Gasteiger partial charge in [0.05, 0.1) is 25.8 Å². The second-order valence-electron chi connectivity index (χ2n) is 13.8. The minimum absolute atomic E-state index is 0.0288. The Labute approximate surface area is 278 Å². The molecule has 5 nitrogen and oxygen atoms in total. The second kappa shape index (κ2) is 15.8. The number of ether oxygens (including phenoxy) is 1. The molecule has 3 aromatic rings. The topological polar surface area (TPSA) is 61.8 Å². The van der Waals surface area contributed by atoms with Crippen LogP contribution in [0.5, 0.6) is 0 Å². The number of esters is 1. The molecule has 246 valence electrons. The van der Waals surface area contributed by atoms with Gasteiger partial charge in [-0.1, -0.05) is 137 Å². The summed E-state index contributed by atoms with van der Waals surface area (Å²) in [7, 11) is -3.84. The summed E-state index contributed by atoms with van der Waals surface area (Å²) in [5.41, 5.74) is 7.53. The first-order valence-corrected chi connectivity index (χ1v) is 20.3.